The summed E-state index contributed by atoms with van der Waals surface area (Å²) in [4.78, 5) is 0. The van der Waals surface area contributed by atoms with Crippen LogP contribution in [0.2, 0.25) is 0 Å². The summed E-state index contributed by atoms with van der Waals surface area (Å²) in [6.45, 7) is -2.56. The van der Waals surface area contributed by atoms with Crippen LogP contribution in [0.15, 0.2) is 36.9 Å². The fraction of sp³-hybridized carbons (Fsp3) is 0.273. The molecule has 0 aliphatic carbocycles. The van der Waals surface area contributed by atoms with Crippen LogP contribution in [0.4, 0.5) is 8.78 Å². The number of hydrogen-bond donors (Lipinski definition) is 1. The van der Waals surface area contributed by atoms with Gasteiger partial charge in [0.2, 0.25) is 0 Å². The van der Waals surface area contributed by atoms with Gasteiger partial charge in [-0.2, -0.15) is 8.78 Å². The summed E-state index contributed by atoms with van der Waals surface area (Å²) in [5.74, 6) is 0.0604. The number of rotatable bonds is 5. The first-order valence-corrected chi connectivity index (χ1v) is 5.20. The summed E-state index contributed by atoms with van der Waals surface area (Å²) < 4.78 is 29.7. The molecule has 0 spiro atoms. The van der Waals surface area contributed by atoms with E-state index in [0.717, 1.165) is 0 Å². The molecule has 5 nitrogen and oxygen atoms in total. The van der Waals surface area contributed by atoms with Crippen LogP contribution in [0.5, 0.6) is 5.75 Å². The highest BCUT2D eigenvalue weighted by atomic mass is 19.3. The van der Waals surface area contributed by atoms with Gasteiger partial charge in [0.05, 0.1) is 12.6 Å². The van der Waals surface area contributed by atoms with E-state index in [-0.39, 0.29) is 5.75 Å². The van der Waals surface area contributed by atoms with Crippen molar-refractivity contribution < 1.29 is 18.6 Å². The van der Waals surface area contributed by atoms with Gasteiger partial charge in [-0.25, -0.2) is 0 Å². The summed E-state index contributed by atoms with van der Waals surface area (Å²) in [6.07, 6.45) is 2.20. The molecule has 0 aliphatic heterocycles. The van der Waals surface area contributed by atoms with Crippen LogP contribution in [-0.2, 0) is 6.54 Å². The van der Waals surface area contributed by atoms with Gasteiger partial charge in [0.1, 0.15) is 18.4 Å². The molecule has 1 aromatic heterocycles. The lowest BCUT2D eigenvalue weighted by Gasteiger charge is -2.12. The molecule has 1 aromatic carbocycles. The van der Waals surface area contributed by atoms with E-state index in [1.165, 1.54) is 36.9 Å². The molecule has 2 aromatic rings. The number of hydrogen-bond acceptors (Lipinski definition) is 4. The molecule has 0 fully saturated rings. The molecule has 96 valence electrons. The van der Waals surface area contributed by atoms with Gasteiger partial charge in [-0.05, 0) is 17.7 Å². The molecule has 1 atom stereocenters. The largest absolute Gasteiger partial charge is 0.435 e. The van der Waals surface area contributed by atoms with Gasteiger partial charge < -0.3 is 14.4 Å². The Kier molecular flexibility index (Phi) is 3.83. The fourth-order valence-corrected chi connectivity index (χ4v) is 1.49. The SMILES string of the molecule is OC(Cn1cnnc1)c1ccc(OC(F)F)cc1. The normalized spacial score (nSPS) is 12.7. The van der Waals surface area contributed by atoms with Crippen molar-refractivity contribution in [2.75, 3.05) is 0 Å². The summed E-state index contributed by atoms with van der Waals surface area (Å²) in [5, 5.41) is 17.1. The van der Waals surface area contributed by atoms with Gasteiger partial charge in [0.25, 0.3) is 0 Å². The van der Waals surface area contributed by atoms with E-state index in [1.54, 1.807) is 4.57 Å². The molecule has 0 amide bonds. The monoisotopic (exact) mass is 255 g/mol. The number of alkyl halides is 2. The Morgan fingerprint density at radius 1 is 1.17 bits per heavy atom. The first kappa shape index (κ1) is 12.4. The van der Waals surface area contributed by atoms with Crippen molar-refractivity contribution in [1.29, 1.82) is 0 Å². The van der Waals surface area contributed by atoms with Gasteiger partial charge >= 0.3 is 6.61 Å². The van der Waals surface area contributed by atoms with Crippen molar-refractivity contribution in [3.05, 3.63) is 42.5 Å². The molecule has 0 radical (unpaired) electrons. The van der Waals surface area contributed by atoms with E-state index in [4.69, 9.17) is 0 Å². The van der Waals surface area contributed by atoms with Crippen LogP contribution in [0.25, 0.3) is 0 Å². The molecule has 0 bridgehead atoms. The molecule has 1 unspecified atom stereocenters. The molecule has 0 saturated carbocycles. The second kappa shape index (κ2) is 5.54. The first-order chi connectivity index (χ1) is 8.65. The van der Waals surface area contributed by atoms with E-state index in [1.807, 2.05) is 0 Å². The standard InChI is InChI=1S/C11H11F2N3O2/c12-11(13)18-9-3-1-8(2-4-9)10(17)5-16-6-14-15-7-16/h1-4,6-7,10-11,17H,5H2. The summed E-state index contributed by atoms with van der Waals surface area (Å²) in [7, 11) is 0. The lowest BCUT2D eigenvalue weighted by molar-refractivity contribution is -0.0498. The minimum Gasteiger partial charge on any atom is -0.435 e. The maximum atomic E-state index is 11.9. The Labute approximate surface area is 102 Å². The number of nitrogens with zero attached hydrogens (tertiary/aromatic N) is 3. The van der Waals surface area contributed by atoms with E-state index < -0.39 is 12.7 Å². The zero-order valence-corrected chi connectivity index (χ0v) is 9.28. The third-order valence-corrected chi connectivity index (χ3v) is 2.34. The molecular formula is C11H11F2N3O2. The highest BCUT2D eigenvalue weighted by molar-refractivity contribution is 5.28. The molecule has 0 saturated heterocycles. The predicted molar refractivity (Wildman–Crippen MR) is 58.1 cm³/mol. The van der Waals surface area contributed by atoms with E-state index in [0.29, 0.717) is 12.1 Å². The smallest absolute Gasteiger partial charge is 0.387 e. The van der Waals surface area contributed by atoms with Gasteiger partial charge in [0.15, 0.2) is 0 Å². The van der Waals surface area contributed by atoms with Crippen molar-refractivity contribution in [3.63, 3.8) is 0 Å². The average Bonchev–Trinajstić information content (AvgIpc) is 2.82. The van der Waals surface area contributed by atoms with Crippen molar-refractivity contribution in [2.45, 2.75) is 19.3 Å². The van der Waals surface area contributed by atoms with Gasteiger partial charge in [-0.15, -0.1) is 10.2 Å². The number of aliphatic hydroxyl groups excluding tert-OH is 1. The molecular weight excluding hydrogens is 244 g/mol. The van der Waals surface area contributed by atoms with Crippen LogP contribution in [0.1, 0.15) is 11.7 Å². The van der Waals surface area contributed by atoms with Crippen LogP contribution < -0.4 is 4.74 Å². The lowest BCUT2D eigenvalue weighted by Crippen LogP contribution is -2.07. The zero-order valence-electron chi connectivity index (χ0n) is 9.28. The molecule has 0 aliphatic rings. The molecule has 7 heteroatoms. The Balaban J connectivity index is 2.00. The van der Waals surface area contributed by atoms with Gasteiger partial charge in [0, 0.05) is 0 Å². The summed E-state index contributed by atoms with van der Waals surface area (Å²) in [5.41, 5.74) is 0.602. The van der Waals surface area contributed by atoms with Crippen LogP contribution in [0.3, 0.4) is 0 Å². The topological polar surface area (TPSA) is 60.2 Å². The van der Waals surface area contributed by atoms with Crippen molar-refractivity contribution in [3.8, 4) is 5.75 Å². The molecule has 1 N–H and O–H groups in total. The van der Waals surface area contributed by atoms with Crippen molar-refractivity contribution >= 4 is 0 Å². The van der Waals surface area contributed by atoms with E-state index in [2.05, 4.69) is 14.9 Å². The summed E-state index contributed by atoms with van der Waals surface area (Å²) in [6, 6.07) is 5.84. The average molecular weight is 255 g/mol. The van der Waals surface area contributed by atoms with E-state index >= 15 is 0 Å². The van der Waals surface area contributed by atoms with Gasteiger partial charge in [-0.3, -0.25) is 0 Å². The third-order valence-electron chi connectivity index (χ3n) is 2.34. The Bertz CT molecular complexity index is 474. The van der Waals surface area contributed by atoms with Crippen LogP contribution in [0, 0.1) is 0 Å². The highest BCUT2D eigenvalue weighted by Crippen LogP contribution is 2.20. The highest BCUT2D eigenvalue weighted by Gasteiger charge is 2.09. The zero-order chi connectivity index (χ0) is 13.0. The molecule has 2 rings (SSSR count). The van der Waals surface area contributed by atoms with Crippen molar-refractivity contribution in [1.82, 2.24) is 14.8 Å². The van der Waals surface area contributed by atoms with Crippen LogP contribution >= 0.6 is 0 Å². The maximum Gasteiger partial charge on any atom is 0.387 e. The Hall–Kier alpha value is -2.02. The van der Waals surface area contributed by atoms with Crippen LogP contribution in [-0.4, -0.2) is 26.5 Å². The lowest BCUT2D eigenvalue weighted by atomic mass is 10.1. The third kappa shape index (κ3) is 3.24. The van der Waals surface area contributed by atoms with Gasteiger partial charge in [-0.1, -0.05) is 12.1 Å². The van der Waals surface area contributed by atoms with E-state index in [9.17, 15) is 13.9 Å². The van der Waals surface area contributed by atoms with Crippen molar-refractivity contribution in [2.24, 2.45) is 0 Å². The summed E-state index contributed by atoms with van der Waals surface area (Å²) >= 11 is 0. The number of halogens is 2. The predicted octanol–water partition coefficient (Wildman–Crippen LogP) is 1.61. The quantitative estimate of drug-likeness (QED) is 0.881. The molecule has 18 heavy (non-hydrogen) atoms. The Morgan fingerprint density at radius 2 is 1.78 bits per heavy atom. The minimum atomic E-state index is -2.85. The molecule has 1 heterocycles. The number of benzene rings is 1. The minimum absolute atomic E-state index is 0.0604. The number of aromatic nitrogens is 3. The maximum absolute atomic E-state index is 11.9. The Morgan fingerprint density at radius 3 is 2.33 bits per heavy atom. The fourth-order valence-electron chi connectivity index (χ4n) is 1.49. The first-order valence-electron chi connectivity index (χ1n) is 5.20. The number of aliphatic hydroxyl groups is 1. The second-order valence-corrected chi connectivity index (χ2v) is 3.62. The number of ether oxygens (including phenoxy) is 1. The second-order valence-electron chi connectivity index (χ2n) is 3.62.